The Morgan fingerprint density at radius 2 is 2.31 bits per heavy atom. The first-order chi connectivity index (χ1) is 6.00. The zero-order valence-electron chi connectivity index (χ0n) is 8.45. The largest absolute Gasteiger partial charge is 0.480 e. The minimum Gasteiger partial charge on any atom is -0.480 e. The predicted molar refractivity (Wildman–Crippen MR) is 50.7 cm³/mol. The van der Waals surface area contributed by atoms with Gasteiger partial charge in [0.2, 0.25) is 0 Å². The highest BCUT2D eigenvalue weighted by Gasteiger charge is 2.27. The van der Waals surface area contributed by atoms with Crippen LogP contribution in [0.1, 0.15) is 20.3 Å². The summed E-state index contributed by atoms with van der Waals surface area (Å²) in [6.07, 6.45) is 1.04. The highest BCUT2D eigenvalue weighted by Crippen LogP contribution is 2.15. The number of carboxylic acids is 1. The molecule has 3 atom stereocenters. The molecule has 0 aromatic heterocycles. The molecular weight excluding hydrogens is 168 g/mol. The normalized spacial score (nSPS) is 31.9. The lowest BCUT2D eigenvalue weighted by Gasteiger charge is -2.15. The summed E-state index contributed by atoms with van der Waals surface area (Å²) in [5.74, 6) is -0.776. The van der Waals surface area contributed by atoms with Crippen LogP contribution in [-0.4, -0.2) is 47.7 Å². The van der Waals surface area contributed by atoms with Gasteiger partial charge in [-0.05, 0) is 27.3 Å². The molecule has 0 radical (unpaired) electrons. The average Bonchev–Trinajstić information content (AvgIpc) is 2.31. The van der Waals surface area contributed by atoms with Crippen molar-refractivity contribution in [2.45, 2.75) is 38.4 Å². The maximum Gasteiger partial charge on any atom is 0.320 e. The predicted octanol–water partition coefficient (Wildman–Crippen LogP) is 0.142. The van der Waals surface area contributed by atoms with Crippen molar-refractivity contribution in [3.8, 4) is 0 Å². The van der Waals surface area contributed by atoms with E-state index in [0.29, 0.717) is 12.1 Å². The van der Waals surface area contributed by atoms with Crippen LogP contribution in [0.15, 0.2) is 0 Å². The number of hydrogen-bond acceptors (Lipinski definition) is 3. The van der Waals surface area contributed by atoms with Gasteiger partial charge in [-0.3, -0.25) is 4.79 Å². The molecule has 0 aliphatic carbocycles. The van der Waals surface area contributed by atoms with Crippen molar-refractivity contribution in [2.75, 3.05) is 13.6 Å². The molecule has 0 aromatic rings. The molecule has 76 valence electrons. The number of nitrogens with one attached hydrogen (secondary N) is 1. The first-order valence-electron chi connectivity index (χ1n) is 4.69. The molecule has 1 fully saturated rings. The molecule has 2 unspecified atom stereocenters. The van der Waals surface area contributed by atoms with Crippen molar-refractivity contribution in [3.05, 3.63) is 0 Å². The molecule has 13 heavy (non-hydrogen) atoms. The fourth-order valence-corrected chi connectivity index (χ4v) is 1.74. The lowest BCUT2D eigenvalue weighted by Crippen LogP contribution is -2.42. The van der Waals surface area contributed by atoms with Crippen molar-refractivity contribution in [1.29, 1.82) is 0 Å². The fraction of sp³-hybridized carbons (Fsp3) is 0.889. The average molecular weight is 186 g/mol. The Labute approximate surface area is 78.9 Å². The van der Waals surface area contributed by atoms with E-state index in [1.807, 2.05) is 0 Å². The van der Waals surface area contributed by atoms with Crippen LogP contribution in [0, 0.1) is 0 Å². The van der Waals surface area contributed by atoms with Gasteiger partial charge >= 0.3 is 5.97 Å². The van der Waals surface area contributed by atoms with E-state index < -0.39 is 12.0 Å². The lowest BCUT2D eigenvalue weighted by molar-refractivity contribution is -0.139. The van der Waals surface area contributed by atoms with Crippen LogP contribution in [0.3, 0.4) is 0 Å². The number of nitrogens with zero attached hydrogens (tertiary/aromatic N) is 1. The van der Waals surface area contributed by atoms with Crippen molar-refractivity contribution in [3.63, 3.8) is 0 Å². The van der Waals surface area contributed by atoms with Crippen molar-refractivity contribution < 1.29 is 9.90 Å². The highest BCUT2D eigenvalue weighted by molar-refractivity contribution is 5.72. The Morgan fingerprint density at radius 3 is 2.69 bits per heavy atom. The Bertz CT molecular complexity index is 186. The molecule has 0 amide bonds. The van der Waals surface area contributed by atoms with Crippen molar-refractivity contribution in [2.24, 2.45) is 0 Å². The smallest absolute Gasteiger partial charge is 0.320 e. The zero-order chi connectivity index (χ0) is 10.0. The van der Waals surface area contributed by atoms with Gasteiger partial charge in [-0.25, -0.2) is 0 Å². The zero-order valence-corrected chi connectivity index (χ0v) is 8.45. The third-order valence-electron chi connectivity index (χ3n) is 2.74. The summed E-state index contributed by atoms with van der Waals surface area (Å²) < 4.78 is 0. The van der Waals surface area contributed by atoms with Gasteiger partial charge in [0.15, 0.2) is 0 Å². The summed E-state index contributed by atoms with van der Waals surface area (Å²) in [6.45, 7) is 4.79. The first-order valence-corrected chi connectivity index (χ1v) is 4.69. The topological polar surface area (TPSA) is 52.6 Å². The molecule has 1 aliphatic heterocycles. The van der Waals surface area contributed by atoms with Crippen molar-refractivity contribution >= 4 is 5.97 Å². The van der Waals surface area contributed by atoms with Crippen LogP contribution in [0.25, 0.3) is 0 Å². The molecular formula is C9H18N2O2. The third-order valence-corrected chi connectivity index (χ3v) is 2.74. The maximum absolute atomic E-state index is 10.6. The number of aliphatic carboxylic acids is 1. The first kappa shape index (κ1) is 10.5. The van der Waals surface area contributed by atoms with E-state index in [-0.39, 0.29) is 0 Å². The third kappa shape index (κ3) is 2.67. The summed E-state index contributed by atoms with van der Waals surface area (Å²) in [7, 11) is 2.07. The summed E-state index contributed by atoms with van der Waals surface area (Å²) in [5, 5.41) is 11.8. The van der Waals surface area contributed by atoms with Crippen LogP contribution < -0.4 is 5.32 Å². The number of likely N-dealkylation sites (N-methyl/N-ethyl adjacent to an activating group) is 1. The molecule has 0 saturated carbocycles. The summed E-state index contributed by atoms with van der Waals surface area (Å²) in [4.78, 5) is 12.8. The van der Waals surface area contributed by atoms with E-state index in [1.165, 1.54) is 0 Å². The Kier molecular flexibility index (Phi) is 3.27. The molecule has 0 bridgehead atoms. The Hall–Kier alpha value is -0.610. The second-order valence-electron chi connectivity index (χ2n) is 3.95. The fourth-order valence-electron chi connectivity index (χ4n) is 1.74. The monoisotopic (exact) mass is 186 g/mol. The van der Waals surface area contributed by atoms with Crippen LogP contribution in [0.4, 0.5) is 0 Å². The molecule has 1 saturated heterocycles. The van der Waals surface area contributed by atoms with E-state index in [2.05, 4.69) is 24.2 Å². The molecule has 1 rings (SSSR count). The van der Waals surface area contributed by atoms with E-state index in [4.69, 9.17) is 5.11 Å². The van der Waals surface area contributed by atoms with Gasteiger partial charge in [0.05, 0.1) is 0 Å². The summed E-state index contributed by atoms with van der Waals surface area (Å²) in [5.41, 5.74) is 0. The number of rotatable bonds is 3. The van der Waals surface area contributed by atoms with Crippen LogP contribution in [0.2, 0.25) is 0 Å². The van der Waals surface area contributed by atoms with Gasteiger partial charge in [0.1, 0.15) is 6.04 Å². The molecule has 0 spiro atoms. The Morgan fingerprint density at radius 1 is 1.69 bits per heavy atom. The molecule has 0 aromatic carbocycles. The van der Waals surface area contributed by atoms with E-state index >= 15 is 0 Å². The highest BCUT2D eigenvalue weighted by atomic mass is 16.4. The van der Waals surface area contributed by atoms with Gasteiger partial charge in [0, 0.05) is 18.6 Å². The summed E-state index contributed by atoms with van der Waals surface area (Å²) in [6, 6.07) is 0.438. The van der Waals surface area contributed by atoms with Gasteiger partial charge < -0.3 is 15.3 Å². The number of carbonyl (C=O) groups is 1. The van der Waals surface area contributed by atoms with Gasteiger partial charge in [0.25, 0.3) is 0 Å². The minimum absolute atomic E-state index is 0.325. The van der Waals surface area contributed by atoms with Crippen molar-refractivity contribution in [1.82, 2.24) is 10.2 Å². The SMILES string of the molecule is CC1CC(N[C@H](C)C(=O)O)CN1C. The minimum atomic E-state index is -0.776. The van der Waals surface area contributed by atoms with E-state index in [1.54, 1.807) is 6.92 Å². The molecule has 4 nitrogen and oxygen atoms in total. The molecule has 1 aliphatic rings. The maximum atomic E-state index is 10.6. The summed E-state index contributed by atoms with van der Waals surface area (Å²) >= 11 is 0. The van der Waals surface area contributed by atoms with Gasteiger partial charge in [-0.15, -0.1) is 0 Å². The Balaban J connectivity index is 2.35. The van der Waals surface area contributed by atoms with Crippen LogP contribution >= 0.6 is 0 Å². The van der Waals surface area contributed by atoms with E-state index in [9.17, 15) is 4.79 Å². The van der Waals surface area contributed by atoms with Crippen LogP contribution in [-0.2, 0) is 4.79 Å². The molecule has 1 heterocycles. The van der Waals surface area contributed by atoms with Crippen LogP contribution in [0.5, 0.6) is 0 Å². The number of likely N-dealkylation sites (tertiary alicyclic amines) is 1. The van der Waals surface area contributed by atoms with Gasteiger partial charge in [-0.1, -0.05) is 0 Å². The standard InChI is InChI=1S/C9H18N2O2/c1-6-4-8(5-11(6)3)10-7(2)9(12)13/h6-8,10H,4-5H2,1-3H3,(H,12,13)/t6?,7-,8?/m1/s1. The van der Waals surface area contributed by atoms with Gasteiger partial charge in [-0.2, -0.15) is 0 Å². The molecule has 4 heteroatoms. The number of carboxylic acid groups (broad SMARTS) is 1. The lowest BCUT2D eigenvalue weighted by atomic mass is 10.1. The second-order valence-corrected chi connectivity index (χ2v) is 3.95. The second kappa shape index (κ2) is 4.07. The quantitative estimate of drug-likeness (QED) is 0.658. The number of hydrogen-bond donors (Lipinski definition) is 2. The van der Waals surface area contributed by atoms with E-state index in [0.717, 1.165) is 13.0 Å². The molecule has 2 N–H and O–H groups in total.